The maximum atomic E-state index is 12.7. The smallest absolute Gasteiger partial charge is 0.416 e. The Bertz CT molecular complexity index is 999. The number of alkyl halides is 3. The Labute approximate surface area is 166 Å². The molecule has 0 saturated heterocycles. The van der Waals surface area contributed by atoms with E-state index >= 15 is 0 Å². The number of carbonyl (C=O) groups is 1. The monoisotopic (exact) mass is 402 g/mol. The molecule has 0 spiro atoms. The van der Waals surface area contributed by atoms with Gasteiger partial charge in [-0.3, -0.25) is 5.32 Å². The van der Waals surface area contributed by atoms with Gasteiger partial charge in [0, 0.05) is 17.5 Å². The van der Waals surface area contributed by atoms with E-state index < -0.39 is 17.7 Å². The van der Waals surface area contributed by atoms with Crippen LogP contribution in [0.4, 0.5) is 13.2 Å². The fourth-order valence-corrected chi connectivity index (χ4v) is 2.79. The zero-order chi connectivity index (χ0) is 21.0. The molecule has 0 bridgehead atoms. The predicted molar refractivity (Wildman–Crippen MR) is 105 cm³/mol. The van der Waals surface area contributed by atoms with Crippen LogP contribution in [0.15, 0.2) is 54.6 Å². The number of hydrogen-bond donors (Lipinski definition) is 1. The van der Waals surface area contributed by atoms with Crippen molar-refractivity contribution in [3.8, 4) is 11.3 Å². The average Bonchev–Trinajstić information content (AvgIpc) is 2.69. The molecule has 0 aliphatic carbocycles. The second-order valence-electron chi connectivity index (χ2n) is 7.10. The Hall–Kier alpha value is -2.93. The maximum absolute atomic E-state index is 12.7. The first-order valence-electron chi connectivity index (χ1n) is 9.20. The topological polar surface area (TPSA) is 51.2 Å². The number of pyridine rings is 1. The van der Waals surface area contributed by atoms with E-state index in [-0.39, 0.29) is 6.73 Å². The summed E-state index contributed by atoms with van der Waals surface area (Å²) in [4.78, 5) is 16.6. The molecule has 0 unspecified atom stereocenters. The highest BCUT2D eigenvalue weighted by Gasteiger charge is 2.30. The number of esters is 1. The number of nitrogens with one attached hydrogen (secondary N) is 1. The minimum absolute atomic E-state index is 0.139. The molecule has 0 saturated carbocycles. The Morgan fingerprint density at radius 3 is 2.45 bits per heavy atom. The first-order valence-corrected chi connectivity index (χ1v) is 9.20. The van der Waals surface area contributed by atoms with E-state index in [1.165, 1.54) is 12.1 Å². The van der Waals surface area contributed by atoms with Gasteiger partial charge in [-0.1, -0.05) is 32.0 Å². The van der Waals surface area contributed by atoms with Gasteiger partial charge in [-0.15, -0.1) is 0 Å². The van der Waals surface area contributed by atoms with Gasteiger partial charge in [0.1, 0.15) is 6.73 Å². The molecular formula is C22H21F3N2O2. The molecular weight excluding hydrogens is 381 g/mol. The van der Waals surface area contributed by atoms with E-state index in [1.54, 1.807) is 30.3 Å². The molecule has 0 fully saturated rings. The van der Waals surface area contributed by atoms with Crippen LogP contribution < -0.4 is 5.32 Å². The molecule has 7 heteroatoms. The number of hydrogen-bond acceptors (Lipinski definition) is 4. The largest absolute Gasteiger partial charge is 0.446 e. The lowest BCUT2D eigenvalue weighted by Gasteiger charge is -2.10. The molecule has 0 atom stereocenters. The van der Waals surface area contributed by atoms with E-state index in [1.807, 2.05) is 0 Å². The first-order chi connectivity index (χ1) is 13.7. The van der Waals surface area contributed by atoms with Crippen LogP contribution in [0.5, 0.6) is 0 Å². The van der Waals surface area contributed by atoms with Gasteiger partial charge in [-0.2, -0.15) is 13.2 Å². The fourth-order valence-electron chi connectivity index (χ4n) is 2.79. The molecule has 0 aliphatic heterocycles. The van der Waals surface area contributed by atoms with E-state index in [9.17, 15) is 18.0 Å². The standard InChI is InChI=1S/C22H21F3N2O2/c1-14(2)12-26-13-29-21(28)17-6-10-20-16(11-17)5-9-19(27-20)15-3-7-18(8-4-15)22(23,24)25/h3-11,14,26H,12-13H2,1-2H3. The third-order valence-electron chi connectivity index (χ3n) is 4.29. The van der Waals surface area contributed by atoms with Crippen molar-refractivity contribution in [1.82, 2.24) is 10.3 Å². The molecule has 0 radical (unpaired) electrons. The van der Waals surface area contributed by atoms with Gasteiger partial charge < -0.3 is 4.74 Å². The lowest BCUT2D eigenvalue weighted by Crippen LogP contribution is -2.24. The molecule has 1 N–H and O–H groups in total. The van der Waals surface area contributed by atoms with Crippen LogP contribution in [0.1, 0.15) is 29.8 Å². The van der Waals surface area contributed by atoms with Gasteiger partial charge in [0.05, 0.1) is 22.3 Å². The van der Waals surface area contributed by atoms with Crippen molar-refractivity contribution >= 4 is 16.9 Å². The molecule has 29 heavy (non-hydrogen) atoms. The lowest BCUT2D eigenvalue weighted by atomic mass is 10.1. The molecule has 3 rings (SSSR count). The van der Waals surface area contributed by atoms with Crippen LogP contribution in [0.3, 0.4) is 0 Å². The van der Waals surface area contributed by atoms with E-state index in [4.69, 9.17) is 4.74 Å². The average molecular weight is 402 g/mol. The van der Waals surface area contributed by atoms with Crippen molar-refractivity contribution in [2.45, 2.75) is 20.0 Å². The van der Waals surface area contributed by atoms with Gasteiger partial charge in [-0.25, -0.2) is 9.78 Å². The molecule has 2 aromatic carbocycles. The van der Waals surface area contributed by atoms with Crippen LogP contribution in [0.25, 0.3) is 22.2 Å². The highest BCUT2D eigenvalue weighted by atomic mass is 19.4. The van der Waals surface area contributed by atoms with Crippen LogP contribution >= 0.6 is 0 Å². The number of nitrogens with zero attached hydrogens (tertiary/aromatic N) is 1. The first kappa shape index (κ1) is 20.8. The lowest BCUT2D eigenvalue weighted by molar-refractivity contribution is -0.137. The Balaban J connectivity index is 1.74. The molecule has 152 valence electrons. The third-order valence-corrected chi connectivity index (χ3v) is 4.29. The summed E-state index contributed by atoms with van der Waals surface area (Å²) in [5, 5.41) is 3.78. The van der Waals surface area contributed by atoms with Crippen LogP contribution in [0, 0.1) is 5.92 Å². The summed E-state index contributed by atoms with van der Waals surface area (Å²) in [5.41, 5.74) is 1.48. The van der Waals surface area contributed by atoms with Crippen LogP contribution in [0.2, 0.25) is 0 Å². The van der Waals surface area contributed by atoms with Crippen molar-refractivity contribution in [2.75, 3.05) is 13.3 Å². The number of fused-ring (bicyclic) bond motifs is 1. The van der Waals surface area contributed by atoms with E-state index in [2.05, 4.69) is 24.1 Å². The zero-order valence-corrected chi connectivity index (χ0v) is 16.1. The Kier molecular flexibility index (Phi) is 6.17. The van der Waals surface area contributed by atoms with Crippen LogP contribution in [-0.2, 0) is 10.9 Å². The predicted octanol–water partition coefficient (Wildman–Crippen LogP) is 5.28. The number of halogens is 3. The van der Waals surface area contributed by atoms with Gasteiger partial charge in [0.2, 0.25) is 0 Å². The molecule has 0 amide bonds. The van der Waals surface area contributed by atoms with Gasteiger partial charge in [0.25, 0.3) is 0 Å². The number of aromatic nitrogens is 1. The minimum atomic E-state index is -4.37. The van der Waals surface area contributed by atoms with Crippen LogP contribution in [-0.4, -0.2) is 24.2 Å². The van der Waals surface area contributed by atoms with Crippen molar-refractivity contribution in [3.05, 3.63) is 65.7 Å². The van der Waals surface area contributed by atoms with E-state index in [0.29, 0.717) is 28.3 Å². The number of benzene rings is 2. The minimum Gasteiger partial charge on any atom is -0.446 e. The number of ether oxygens (including phenoxy) is 1. The molecule has 4 nitrogen and oxygen atoms in total. The number of rotatable bonds is 6. The molecule has 1 heterocycles. The van der Waals surface area contributed by atoms with Crippen molar-refractivity contribution < 1.29 is 22.7 Å². The summed E-state index contributed by atoms with van der Waals surface area (Å²) in [6.45, 7) is 5.01. The second-order valence-corrected chi connectivity index (χ2v) is 7.10. The third kappa shape index (κ3) is 5.32. The summed E-state index contributed by atoms with van der Waals surface area (Å²) in [6.07, 6.45) is -4.37. The summed E-state index contributed by atoms with van der Waals surface area (Å²) in [7, 11) is 0. The molecule has 0 aliphatic rings. The highest BCUT2D eigenvalue weighted by Crippen LogP contribution is 2.31. The SMILES string of the molecule is CC(C)CNCOC(=O)c1ccc2nc(-c3ccc(C(F)(F)F)cc3)ccc2c1. The quantitative estimate of drug-likeness (QED) is 0.346. The molecule has 1 aromatic heterocycles. The number of carbonyl (C=O) groups excluding carboxylic acids is 1. The van der Waals surface area contributed by atoms with Crippen molar-refractivity contribution in [3.63, 3.8) is 0 Å². The Morgan fingerprint density at radius 1 is 1.07 bits per heavy atom. The van der Waals surface area contributed by atoms with Gasteiger partial charge in [-0.05, 0) is 42.3 Å². The summed E-state index contributed by atoms with van der Waals surface area (Å²) in [6, 6.07) is 13.4. The molecule has 3 aromatic rings. The Morgan fingerprint density at radius 2 is 1.79 bits per heavy atom. The zero-order valence-electron chi connectivity index (χ0n) is 16.1. The van der Waals surface area contributed by atoms with Gasteiger partial charge in [0.15, 0.2) is 0 Å². The van der Waals surface area contributed by atoms with Crippen molar-refractivity contribution in [2.24, 2.45) is 5.92 Å². The van der Waals surface area contributed by atoms with E-state index in [0.717, 1.165) is 24.1 Å². The maximum Gasteiger partial charge on any atom is 0.416 e. The second kappa shape index (κ2) is 8.61. The van der Waals surface area contributed by atoms with Crippen molar-refractivity contribution in [1.29, 1.82) is 0 Å². The highest BCUT2D eigenvalue weighted by molar-refractivity contribution is 5.94. The summed E-state index contributed by atoms with van der Waals surface area (Å²) in [5.74, 6) is 0.0225. The van der Waals surface area contributed by atoms with Gasteiger partial charge >= 0.3 is 12.1 Å². The summed E-state index contributed by atoms with van der Waals surface area (Å²) >= 11 is 0. The summed E-state index contributed by atoms with van der Waals surface area (Å²) < 4.78 is 43.3. The fraction of sp³-hybridized carbons (Fsp3) is 0.273. The normalized spacial score (nSPS) is 11.8.